The minimum absolute atomic E-state index is 0.0454. The molecular weight excluding hydrogens is 296 g/mol. The molecule has 0 fully saturated rings. The molecule has 1 heteroatoms. The van der Waals surface area contributed by atoms with Gasteiger partial charge in [-0.15, -0.1) is 0 Å². The topological polar surface area (TPSA) is 0 Å². The van der Waals surface area contributed by atoms with Gasteiger partial charge in [-0.1, -0.05) is 0 Å². The quantitative estimate of drug-likeness (QED) is 0.764. The van der Waals surface area contributed by atoms with Crippen LogP contribution in [0.2, 0.25) is 0 Å². The van der Waals surface area contributed by atoms with Crippen molar-refractivity contribution in [2.45, 2.75) is 11.4 Å². The number of rotatable bonds is 3. The van der Waals surface area contributed by atoms with Gasteiger partial charge in [0.2, 0.25) is 0 Å². The molecule has 2 aromatic carbocycles. The molecule has 0 saturated carbocycles. The van der Waals surface area contributed by atoms with Crippen LogP contribution in [0.1, 0.15) is 11.1 Å². The van der Waals surface area contributed by atoms with Crippen molar-refractivity contribution in [1.29, 1.82) is 0 Å². The van der Waals surface area contributed by atoms with Gasteiger partial charge in [0.05, 0.1) is 0 Å². The SMILES string of the molecule is Cc1ccc([Te]Cc2ccccc2)cc1. The molecule has 0 aliphatic carbocycles. The van der Waals surface area contributed by atoms with Crippen LogP contribution in [0, 0.1) is 6.92 Å². The van der Waals surface area contributed by atoms with E-state index >= 15 is 0 Å². The molecule has 0 heterocycles. The normalized spacial score (nSPS) is 10.2. The zero-order valence-corrected chi connectivity index (χ0v) is 11.1. The van der Waals surface area contributed by atoms with Crippen LogP contribution >= 0.6 is 0 Å². The van der Waals surface area contributed by atoms with Gasteiger partial charge in [-0.2, -0.15) is 0 Å². The van der Waals surface area contributed by atoms with Crippen LogP contribution in [0.5, 0.6) is 0 Å². The number of hydrogen-bond acceptors (Lipinski definition) is 0. The van der Waals surface area contributed by atoms with Gasteiger partial charge in [0, 0.05) is 0 Å². The van der Waals surface area contributed by atoms with Crippen molar-refractivity contribution in [1.82, 2.24) is 0 Å². The predicted molar refractivity (Wildman–Crippen MR) is 66.7 cm³/mol. The third-order valence-corrected chi connectivity index (χ3v) is 5.36. The molecule has 0 nitrogen and oxygen atoms in total. The van der Waals surface area contributed by atoms with Crippen LogP contribution in [-0.4, -0.2) is 20.9 Å². The Morgan fingerprint density at radius 3 is 2.20 bits per heavy atom. The Balaban J connectivity index is 1.96. The molecule has 0 saturated heterocycles. The zero-order valence-electron chi connectivity index (χ0n) is 8.81. The second kappa shape index (κ2) is 5.35. The summed E-state index contributed by atoms with van der Waals surface area (Å²) in [5, 5.41) is 0. The van der Waals surface area contributed by atoms with Crippen molar-refractivity contribution >= 4 is 24.5 Å². The van der Waals surface area contributed by atoms with Crippen molar-refractivity contribution in [3.8, 4) is 0 Å². The fourth-order valence-corrected chi connectivity index (χ4v) is 3.81. The van der Waals surface area contributed by atoms with Crippen molar-refractivity contribution in [3.63, 3.8) is 0 Å². The van der Waals surface area contributed by atoms with E-state index in [4.69, 9.17) is 0 Å². The first kappa shape index (κ1) is 10.7. The average Bonchev–Trinajstić information content (AvgIpc) is 2.30. The average molecular weight is 310 g/mol. The molecule has 0 radical (unpaired) electrons. The summed E-state index contributed by atoms with van der Waals surface area (Å²) in [7, 11) is 0. The fourth-order valence-electron chi connectivity index (χ4n) is 1.38. The van der Waals surface area contributed by atoms with E-state index < -0.39 is 0 Å². The van der Waals surface area contributed by atoms with E-state index in [1.54, 1.807) is 3.61 Å². The summed E-state index contributed by atoms with van der Waals surface area (Å²) in [4.78, 5) is 0. The summed E-state index contributed by atoms with van der Waals surface area (Å²) in [5.74, 6) is 0. The van der Waals surface area contributed by atoms with Gasteiger partial charge < -0.3 is 0 Å². The summed E-state index contributed by atoms with van der Waals surface area (Å²) in [6.45, 7) is 2.14. The van der Waals surface area contributed by atoms with Crippen molar-refractivity contribution < 1.29 is 0 Å². The first-order valence-corrected chi connectivity index (χ1v) is 7.89. The van der Waals surface area contributed by atoms with E-state index in [2.05, 4.69) is 61.5 Å². The first-order chi connectivity index (χ1) is 7.34. The van der Waals surface area contributed by atoms with Crippen LogP contribution in [0.15, 0.2) is 54.6 Å². The standard InChI is InChI=1S/C14H14Te/c1-12-7-9-14(10-8-12)15-11-13-5-3-2-4-6-13/h2-10H,11H2,1H3. The predicted octanol–water partition coefficient (Wildman–Crippen LogP) is 2.52. The Bertz CT molecular complexity index is 403. The fraction of sp³-hybridized carbons (Fsp3) is 0.143. The Kier molecular flexibility index (Phi) is 3.83. The molecule has 76 valence electrons. The molecular formula is C14H14Te. The maximum absolute atomic E-state index is 2.28. The molecule has 2 rings (SSSR count). The van der Waals surface area contributed by atoms with Gasteiger partial charge in [-0.3, -0.25) is 0 Å². The first-order valence-electron chi connectivity index (χ1n) is 5.08. The number of aryl methyl sites for hydroxylation is 1. The molecule has 0 unspecified atom stereocenters. The summed E-state index contributed by atoms with van der Waals surface area (Å²) < 4.78 is 2.81. The van der Waals surface area contributed by atoms with Gasteiger partial charge in [0.1, 0.15) is 0 Å². The Hall–Kier alpha value is -0.770. The molecule has 15 heavy (non-hydrogen) atoms. The van der Waals surface area contributed by atoms with Crippen molar-refractivity contribution in [2.75, 3.05) is 0 Å². The Labute approximate surface area is 101 Å². The summed E-state index contributed by atoms with van der Waals surface area (Å²) in [6, 6.07) is 19.7. The van der Waals surface area contributed by atoms with Gasteiger partial charge >= 0.3 is 102 Å². The third-order valence-electron chi connectivity index (χ3n) is 2.27. The van der Waals surface area contributed by atoms with Gasteiger partial charge in [0.25, 0.3) is 0 Å². The molecule has 0 atom stereocenters. The Morgan fingerprint density at radius 1 is 0.867 bits per heavy atom. The van der Waals surface area contributed by atoms with Crippen LogP contribution in [0.3, 0.4) is 0 Å². The molecule has 0 aromatic heterocycles. The van der Waals surface area contributed by atoms with Gasteiger partial charge in [-0.05, 0) is 0 Å². The molecule has 0 aliphatic rings. The van der Waals surface area contributed by atoms with E-state index in [1.807, 2.05) is 0 Å². The van der Waals surface area contributed by atoms with E-state index in [0.29, 0.717) is 0 Å². The summed E-state index contributed by atoms with van der Waals surface area (Å²) in [6.07, 6.45) is 0. The third kappa shape index (κ3) is 3.38. The maximum atomic E-state index is 2.28. The molecule has 2 aromatic rings. The van der Waals surface area contributed by atoms with Crippen LogP contribution in [0.4, 0.5) is 0 Å². The van der Waals surface area contributed by atoms with E-state index in [-0.39, 0.29) is 20.9 Å². The van der Waals surface area contributed by atoms with E-state index in [0.717, 1.165) is 0 Å². The van der Waals surface area contributed by atoms with Crippen molar-refractivity contribution in [2.24, 2.45) is 0 Å². The molecule has 0 bridgehead atoms. The van der Waals surface area contributed by atoms with E-state index in [9.17, 15) is 0 Å². The molecule has 0 amide bonds. The summed E-state index contributed by atoms with van der Waals surface area (Å²) in [5.41, 5.74) is 2.83. The van der Waals surface area contributed by atoms with Crippen LogP contribution < -0.4 is 3.61 Å². The molecule has 0 spiro atoms. The number of benzene rings is 2. The molecule has 0 N–H and O–H groups in total. The molecule has 0 aliphatic heterocycles. The van der Waals surface area contributed by atoms with Crippen LogP contribution in [-0.2, 0) is 4.47 Å². The second-order valence-electron chi connectivity index (χ2n) is 3.59. The summed E-state index contributed by atoms with van der Waals surface area (Å²) >= 11 is -0.0454. The monoisotopic (exact) mass is 312 g/mol. The van der Waals surface area contributed by atoms with E-state index in [1.165, 1.54) is 15.6 Å². The zero-order chi connectivity index (χ0) is 10.5. The number of hydrogen-bond donors (Lipinski definition) is 0. The van der Waals surface area contributed by atoms with Crippen LogP contribution in [0.25, 0.3) is 0 Å². The van der Waals surface area contributed by atoms with Gasteiger partial charge in [0.15, 0.2) is 0 Å². The van der Waals surface area contributed by atoms with Gasteiger partial charge in [-0.25, -0.2) is 0 Å². The van der Waals surface area contributed by atoms with Crippen molar-refractivity contribution in [3.05, 3.63) is 65.7 Å². The minimum atomic E-state index is -0.0454. The Morgan fingerprint density at radius 2 is 1.53 bits per heavy atom. The second-order valence-corrected chi connectivity index (χ2v) is 6.58.